The SMILES string of the molecule is CC1(C)CC1C(O)c1ccc(Oc2ccccc2)cc1. The van der Waals surface area contributed by atoms with E-state index >= 15 is 0 Å². The van der Waals surface area contributed by atoms with Crippen LogP contribution in [-0.4, -0.2) is 5.11 Å². The summed E-state index contributed by atoms with van der Waals surface area (Å²) < 4.78 is 5.75. The lowest BCUT2D eigenvalue weighted by molar-refractivity contribution is 0.138. The van der Waals surface area contributed by atoms with Crippen LogP contribution < -0.4 is 4.74 Å². The van der Waals surface area contributed by atoms with Gasteiger partial charge in [-0.05, 0) is 47.6 Å². The van der Waals surface area contributed by atoms with Crippen molar-refractivity contribution in [1.29, 1.82) is 0 Å². The van der Waals surface area contributed by atoms with Crippen LogP contribution in [0.2, 0.25) is 0 Å². The minimum atomic E-state index is -0.365. The van der Waals surface area contributed by atoms with Crippen LogP contribution in [0.3, 0.4) is 0 Å². The molecular weight excluding hydrogens is 248 g/mol. The van der Waals surface area contributed by atoms with E-state index in [1.54, 1.807) is 0 Å². The van der Waals surface area contributed by atoms with Crippen LogP contribution in [-0.2, 0) is 0 Å². The van der Waals surface area contributed by atoms with Gasteiger partial charge in [0.2, 0.25) is 0 Å². The first-order valence-corrected chi connectivity index (χ1v) is 7.07. The van der Waals surface area contributed by atoms with Gasteiger partial charge in [0, 0.05) is 0 Å². The molecule has 2 atom stereocenters. The lowest BCUT2D eigenvalue weighted by Crippen LogP contribution is -2.04. The predicted molar refractivity (Wildman–Crippen MR) is 79.8 cm³/mol. The largest absolute Gasteiger partial charge is 0.457 e. The van der Waals surface area contributed by atoms with Crippen LogP contribution in [0, 0.1) is 11.3 Å². The van der Waals surface area contributed by atoms with Crippen molar-refractivity contribution in [3.63, 3.8) is 0 Å². The number of rotatable bonds is 4. The fourth-order valence-electron chi connectivity index (χ4n) is 2.64. The standard InChI is InChI=1S/C18H20O2/c1-18(2)12-16(18)17(19)13-8-10-15(11-9-13)20-14-6-4-3-5-7-14/h3-11,16-17,19H,12H2,1-2H3. The van der Waals surface area contributed by atoms with Gasteiger partial charge in [0.1, 0.15) is 11.5 Å². The van der Waals surface area contributed by atoms with E-state index in [-0.39, 0.29) is 11.5 Å². The van der Waals surface area contributed by atoms with E-state index < -0.39 is 0 Å². The van der Waals surface area contributed by atoms with E-state index in [0.29, 0.717) is 5.92 Å². The van der Waals surface area contributed by atoms with Gasteiger partial charge in [-0.25, -0.2) is 0 Å². The molecule has 0 saturated heterocycles. The molecule has 0 spiro atoms. The van der Waals surface area contributed by atoms with E-state index in [4.69, 9.17) is 4.74 Å². The van der Waals surface area contributed by atoms with Crippen molar-refractivity contribution in [3.8, 4) is 11.5 Å². The van der Waals surface area contributed by atoms with Gasteiger partial charge in [-0.2, -0.15) is 0 Å². The molecule has 1 fully saturated rings. The zero-order valence-electron chi connectivity index (χ0n) is 11.9. The van der Waals surface area contributed by atoms with Crippen LogP contribution in [0.25, 0.3) is 0 Å². The maximum absolute atomic E-state index is 10.3. The van der Waals surface area contributed by atoms with Crippen LogP contribution in [0.1, 0.15) is 31.9 Å². The highest BCUT2D eigenvalue weighted by Crippen LogP contribution is 2.57. The normalized spacial score (nSPS) is 21.2. The Morgan fingerprint density at radius 3 is 2.10 bits per heavy atom. The molecule has 2 heteroatoms. The second kappa shape index (κ2) is 4.95. The van der Waals surface area contributed by atoms with Crippen molar-refractivity contribution in [2.45, 2.75) is 26.4 Å². The molecule has 3 rings (SSSR count). The molecule has 1 aliphatic carbocycles. The maximum Gasteiger partial charge on any atom is 0.127 e. The first-order chi connectivity index (χ1) is 9.56. The Morgan fingerprint density at radius 2 is 1.55 bits per heavy atom. The quantitative estimate of drug-likeness (QED) is 0.881. The van der Waals surface area contributed by atoms with Crippen molar-refractivity contribution in [2.24, 2.45) is 11.3 Å². The Morgan fingerprint density at radius 1 is 1.00 bits per heavy atom. The van der Waals surface area contributed by atoms with Crippen LogP contribution in [0.15, 0.2) is 54.6 Å². The Balaban J connectivity index is 1.69. The third kappa shape index (κ3) is 2.70. The summed E-state index contributed by atoms with van der Waals surface area (Å²) in [7, 11) is 0. The van der Waals surface area contributed by atoms with Gasteiger partial charge in [-0.15, -0.1) is 0 Å². The van der Waals surface area contributed by atoms with Crippen molar-refractivity contribution >= 4 is 0 Å². The van der Waals surface area contributed by atoms with Gasteiger partial charge in [-0.3, -0.25) is 0 Å². The lowest BCUT2D eigenvalue weighted by atomic mass is 10.00. The zero-order chi connectivity index (χ0) is 14.2. The van der Waals surface area contributed by atoms with Crippen molar-refractivity contribution < 1.29 is 9.84 Å². The number of hydrogen-bond acceptors (Lipinski definition) is 2. The molecule has 0 bridgehead atoms. The summed E-state index contributed by atoms with van der Waals surface area (Å²) in [4.78, 5) is 0. The highest BCUT2D eigenvalue weighted by Gasteiger charge is 2.50. The van der Waals surface area contributed by atoms with E-state index in [9.17, 15) is 5.11 Å². The molecule has 2 aromatic carbocycles. The van der Waals surface area contributed by atoms with E-state index in [2.05, 4.69) is 13.8 Å². The Bertz CT molecular complexity index is 572. The van der Waals surface area contributed by atoms with Crippen LogP contribution >= 0.6 is 0 Å². The number of hydrogen-bond donors (Lipinski definition) is 1. The molecule has 20 heavy (non-hydrogen) atoms. The fourth-order valence-corrected chi connectivity index (χ4v) is 2.64. The lowest BCUT2D eigenvalue weighted by Gasteiger charge is -2.13. The molecule has 0 heterocycles. The molecule has 0 aliphatic heterocycles. The van der Waals surface area contributed by atoms with Crippen molar-refractivity contribution in [3.05, 3.63) is 60.2 Å². The van der Waals surface area contributed by atoms with Gasteiger partial charge in [0.25, 0.3) is 0 Å². The molecule has 1 saturated carbocycles. The Labute approximate surface area is 120 Å². The summed E-state index contributed by atoms with van der Waals surface area (Å²) in [5.41, 5.74) is 1.25. The molecule has 2 nitrogen and oxygen atoms in total. The van der Waals surface area contributed by atoms with Gasteiger partial charge in [0.15, 0.2) is 0 Å². The van der Waals surface area contributed by atoms with E-state index in [1.165, 1.54) is 0 Å². The molecule has 1 aliphatic rings. The molecule has 2 unspecified atom stereocenters. The molecule has 1 N–H and O–H groups in total. The molecule has 2 aromatic rings. The average Bonchev–Trinajstić information content (AvgIpc) is 3.09. The minimum Gasteiger partial charge on any atom is -0.457 e. The highest BCUT2D eigenvalue weighted by molar-refractivity contribution is 5.34. The monoisotopic (exact) mass is 268 g/mol. The smallest absolute Gasteiger partial charge is 0.127 e. The number of aliphatic hydroxyl groups is 1. The first-order valence-electron chi connectivity index (χ1n) is 7.07. The number of para-hydroxylation sites is 1. The zero-order valence-corrected chi connectivity index (χ0v) is 11.9. The Kier molecular flexibility index (Phi) is 3.27. The highest BCUT2D eigenvalue weighted by atomic mass is 16.5. The summed E-state index contributed by atoms with van der Waals surface area (Å²) in [5, 5.41) is 10.3. The minimum absolute atomic E-state index is 0.276. The summed E-state index contributed by atoms with van der Waals surface area (Å²) in [5.74, 6) is 2.00. The van der Waals surface area contributed by atoms with Crippen molar-refractivity contribution in [1.82, 2.24) is 0 Å². The second-order valence-electron chi connectivity index (χ2n) is 6.23. The fraction of sp³-hybridized carbons (Fsp3) is 0.333. The first kappa shape index (κ1) is 13.2. The number of ether oxygens (including phenoxy) is 1. The number of benzene rings is 2. The van der Waals surface area contributed by atoms with E-state index in [1.807, 2.05) is 54.6 Å². The molecular formula is C18H20O2. The van der Waals surface area contributed by atoms with Crippen molar-refractivity contribution in [2.75, 3.05) is 0 Å². The van der Waals surface area contributed by atoms with Gasteiger partial charge < -0.3 is 9.84 Å². The number of aliphatic hydroxyl groups excluding tert-OH is 1. The summed E-state index contributed by atoms with van der Waals surface area (Å²) in [6, 6.07) is 17.5. The van der Waals surface area contributed by atoms with Gasteiger partial charge in [-0.1, -0.05) is 44.2 Å². The van der Waals surface area contributed by atoms with E-state index in [0.717, 1.165) is 23.5 Å². The average molecular weight is 268 g/mol. The Hall–Kier alpha value is -1.80. The van der Waals surface area contributed by atoms with Gasteiger partial charge in [0.05, 0.1) is 6.10 Å². The molecule has 0 radical (unpaired) electrons. The van der Waals surface area contributed by atoms with Crippen LogP contribution in [0.4, 0.5) is 0 Å². The predicted octanol–water partition coefficient (Wildman–Crippen LogP) is 4.56. The maximum atomic E-state index is 10.3. The molecule has 0 amide bonds. The second-order valence-corrected chi connectivity index (χ2v) is 6.23. The third-order valence-electron chi connectivity index (χ3n) is 4.17. The third-order valence-corrected chi connectivity index (χ3v) is 4.17. The summed E-state index contributed by atoms with van der Waals surface area (Å²) >= 11 is 0. The molecule has 104 valence electrons. The molecule has 0 aromatic heterocycles. The summed E-state index contributed by atoms with van der Waals surface area (Å²) in [6.45, 7) is 4.40. The summed E-state index contributed by atoms with van der Waals surface area (Å²) in [6.07, 6.45) is 0.729. The van der Waals surface area contributed by atoms with Crippen LogP contribution in [0.5, 0.6) is 11.5 Å². The topological polar surface area (TPSA) is 29.5 Å². The van der Waals surface area contributed by atoms with Gasteiger partial charge >= 0.3 is 0 Å².